The summed E-state index contributed by atoms with van der Waals surface area (Å²) in [5, 5.41) is 11.6. The van der Waals surface area contributed by atoms with Crippen LogP contribution in [0.3, 0.4) is 0 Å². The predicted molar refractivity (Wildman–Crippen MR) is 82.7 cm³/mol. The van der Waals surface area contributed by atoms with E-state index in [0.717, 1.165) is 5.75 Å². The Balaban J connectivity index is 2.60. The zero-order valence-corrected chi connectivity index (χ0v) is 12.7. The molecule has 1 aromatic rings. The van der Waals surface area contributed by atoms with Gasteiger partial charge in [-0.05, 0) is 24.0 Å². The second kappa shape index (κ2) is 9.40. The first-order valence-corrected chi connectivity index (χ1v) is 7.88. The monoisotopic (exact) mass is 292 g/mol. The number of pyridine rings is 1. The molecule has 1 unspecified atom stereocenters. The molecule has 0 aromatic carbocycles. The van der Waals surface area contributed by atoms with Crippen LogP contribution in [0.2, 0.25) is 0 Å². The zero-order chi connectivity index (χ0) is 14.8. The van der Waals surface area contributed by atoms with E-state index in [1.807, 2.05) is 0 Å². The first kappa shape index (κ1) is 16.5. The van der Waals surface area contributed by atoms with Crippen molar-refractivity contribution in [3.8, 4) is 11.8 Å². The Morgan fingerprint density at radius 2 is 2.35 bits per heavy atom. The second-order valence-corrected chi connectivity index (χ2v) is 5.42. The standard InChI is InChI=1S/C15H20N2O2S/c1-12(11-20-2)8-17-15(19)14-7-13(9-16-10-14)5-3-4-6-18/h7,9-10,12,18H,4,6,8,11H2,1-2H3,(H,17,19). The summed E-state index contributed by atoms with van der Waals surface area (Å²) in [5.41, 5.74) is 1.19. The van der Waals surface area contributed by atoms with Crippen LogP contribution in [0.25, 0.3) is 0 Å². The van der Waals surface area contributed by atoms with Gasteiger partial charge in [0.25, 0.3) is 5.91 Å². The molecule has 1 rings (SSSR count). The third-order valence-electron chi connectivity index (χ3n) is 2.53. The van der Waals surface area contributed by atoms with Gasteiger partial charge in [-0.1, -0.05) is 18.8 Å². The molecule has 0 aliphatic carbocycles. The molecular formula is C15H20N2O2S. The highest BCUT2D eigenvalue weighted by Crippen LogP contribution is 2.05. The Morgan fingerprint density at radius 3 is 3.05 bits per heavy atom. The van der Waals surface area contributed by atoms with Crippen LogP contribution in [-0.4, -0.2) is 41.2 Å². The maximum atomic E-state index is 12.0. The molecule has 2 N–H and O–H groups in total. The van der Waals surface area contributed by atoms with Crippen LogP contribution in [0.15, 0.2) is 18.5 Å². The lowest BCUT2D eigenvalue weighted by molar-refractivity contribution is 0.0949. The van der Waals surface area contributed by atoms with Gasteiger partial charge >= 0.3 is 0 Å². The Morgan fingerprint density at radius 1 is 1.55 bits per heavy atom. The normalized spacial score (nSPS) is 11.3. The molecule has 0 fully saturated rings. The van der Waals surface area contributed by atoms with Crippen LogP contribution in [0.4, 0.5) is 0 Å². The molecule has 0 spiro atoms. The van der Waals surface area contributed by atoms with Crippen molar-refractivity contribution in [3.05, 3.63) is 29.6 Å². The molecule has 0 bridgehead atoms. The summed E-state index contributed by atoms with van der Waals surface area (Å²) in [7, 11) is 0. The third-order valence-corrected chi connectivity index (χ3v) is 3.43. The van der Waals surface area contributed by atoms with Gasteiger partial charge in [0, 0.05) is 30.9 Å². The molecule has 4 nitrogen and oxygen atoms in total. The highest BCUT2D eigenvalue weighted by Gasteiger charge is 2.08. The van der Waals surface area contributed by atoms with Crippen LogP contribution < -0.4 is 5.32 Å². The van der Waals surface area contributed by atoms with Crippen molar-refractivity contribution in [2.45, 2.75) is 13.3 Å². The molecule has 0 saturated carbocycles. The van der Waals surface area contributed by atoms with E-state index < -0.39 is 0 Å². The number of thioether (sulfide) groups is 1. The predicted octanol–water partition coefficient (Wildman–Crippen LogP) is 1.54. The first-order chi connectivity index (χ1) is 9.67. The van der Waals surface area contributed by atoms with E-state index in [-0.39, 0.29) is 12.5 Å². The fourth-order valence-electron chi connectivity index (χ4n) is 1.57. The van der Waals surface area contributed by atoms with Crippen LogP contribution in [-0.2, 0) is 0 Å². The van der Waals surface area contributed by atoms with Gasteiger partial charge in [0.2, 0.25) is 0 Å². The maximum Gasteiger partial charge on any atom is 0.252 e. The number of amides is 1. The van der Waals surface area contributed by atoms with E-state index in [0.29, 0.717) is 30.0 Å². The van der Waals surface area contributed by atoms with Gasteiger partial charge in [0.1, 0.15) is 0 Å². The molecule has 0 aliphatic heterocycles. The molecule has 1 amide bonds. The van der Waals surface area contributed by atoms with Gasteiger partial charge in [-0.15, -0.1) is 0 Å². The lowest BCUT2D eigenvalue weighted by atomic mass is 10.1. The minimum Gasteiger partial charge on any atom is -0.395 e. The number of carbonyl (C=O) groups is 1. The molecule has 0 aliphatic rings. The van der Waals surface area contributed by atoms with Crippen molar-refractivity contribution >= 4 is 17.7 Å². The minimum atomic E-state index is -0.128. The van der Waals surface area contributed by atoms with Crippen LogP contribution >= 0.6 is 11.8 Å². The van der Waals surface area contributed by atoms with E-state index in [1.165, 1.54) is 6.20 Å². The van der Waals surface area contributed by atoms with E-state index in [2.05, 4.69) is 35.3 Å². The van der Waals surface area contributed by atoms with Crippen molar-refractivity contribution in [1.82, 2.24) is 10.3 Å². The Bertz CT molecular complexity index is 494. The number of rotatable bonds is 6. The summed E-state index contributed by atoms with van der Waals surface area (Å²) in [5.74, 6) is 7.01. The van der Waals surface area contributed by atoms with Crippen molar-refractivity contribution < 1.29 is 9.90 Å². The lowest BCUT2D eigenvalue weighted by Gasteiger charge is -2.11. The van der Waals surface area contributed by atoms with Gasteiger partial charge in [0.05, 0.1) is 12.2 Å². The third kappa shape index (κ3) is 6.09. The largest absolute Gasteiger partial charge is 0.395 e. The van der Waals surface area contributed by atoms with Gasteiger partial charge < -0.3 is 10.4 Å². The van der Waals surface area contributed by atoms with Gasteiger partial charge in [-0.2, -0.15) is 11.8 Å². The molecular weight excluding hydrogens is 272 g/mol. The van der Waals surface area contributed by atoms with Crippen molar-refractivity contribution in [2.24, 2.45) is 5.92 Å². The number of aliphatic hydroxyl groups is 1. The van der Waals surface area contributed by atoms with Gasteiger partial charge in [0.15, 0.2) is 0 Å². The average molecular weight is 292 g/mol. The quantitative estimate of drug-likeness (QED) is 0.781. The minimum absolute atomic E-state index is 0.0356. The summed E-state index contributed by atoms with van der Waals surface area (Å²) < 4.78 is 0. The first-order valence-electron chi connectivity index (χ1n) is 6.49. The van der Waals surface area contributed by atoms with Crippen molar-refractivity contribution in [3.63, 3.8) is 0 Å². The molecule has 0 saturated heterocycles. The fourth-order valence-corrected chi connectivity index (χ4v) is 2.25. The van der Waals surface area contributed by atoms with Crippen LogP contribution in [0.5, 0.6) is 0 Å². The number of aliphatic hydroxyl groups excluding tert-OH is 1. The molecule has 5 heteroatoms. The summed E-state index contributed by atoms with van der Waals surface area (Å²) in [6.45, 7) is 2.79. The van der Waals surface area contributed by atoms with E-state index in [4.69, 9.17) is 5.11 Å². The van der Waals surface area contributed by atoms with Crippen LogP contribution in [0.1, 0.15) is 29.3 Å². The zero-order valence-electron chi connectivity index (χ0n) is 11.8. The highest BCUT2D eigenvalue weighted by molar-refractivity contribution is 7.98. The van der Waals surface area contributed by atoms with Crippen LogP contribution in [0, 0.1) is 17.8 Å². The van der Waals surface area contributed by atoms with E-state index in [1.54, 1.807) is 24.0 Å². The average Bonchev–Trinajstić information content (AvgIpc) is 2.46. The topological polar surface area (TPSA) is 62.2 Å². The Labute approximate surface area is 124 Å². The smallest absolute Gasteiger partial charge is 0.252 e. The summed E-state index contributed by atoms with van der Waals surface area (Å²) in [6.07, 6.45) is 5.61. The molecule has 20 heavy (non-hydrogen) atoms. The van der Waals surface area contributed by atoms with Gasteiger partial charge in [-0.3, -0.25) is 9.78 Å². The number of nitrogens with zero attached hydrogens (tertiary/aromatic N) is 1. The van der Waals surface area contributed by atoms with E-state index in [9.17, 15) is 4.79 Å². The molecule has 0 radical (unpaired) electrons. The van der Waals surface area contributed by atoms with E-state index >= 15 is 0 Å². The number of aromatic nitrogens is 1. The molecule has 108 valence electrons. The fraction of sp³-hybridized carbons (Fsp3) is 0.467. The molecule has 1 aromatic heterocycles. The molecule has 1 heterocycles. The van der Waals surface area contributed by atoms with Crippen molar-refractivity contribution in [2.75, 3.05) is 25.2 Å². The van der Waals surface area contributed by atoms with Crippen molar-refractivity contribution in [1.29, 1.82) is 0 Å². The number of hydrogen-bond acceptors (Lipinski definition) is 4. The summed E-state index contributed by atoms with van der Waals surface area (Å²) in [4.78, 5) is 16.0. The molecule has 1 atom stereocenters. The highest BCUT2D eigenvalue weighted by atomic mass is 32.2. The Kier molecular flexibility index (Phi) is 7.78. The SMILES string of the molecule is CSCC(C)CNC(=O)c1cncc(C#CCCO)c1. The lowest BCUT2D eigenvalue weighted by Crippen LogP contribution is -2.29. The summed E-state index contributed by atoms with van der Waals surface area (Å²) >= 11 is 1.77. The second-order valence-electron chi connectivity index (χ2n) is 4.51. The maximum absolute atomic E-state index is 12.0. The summed E-state index contributed by atoms with van der Waals surface area (Å²) in [6, 6.07) is 1.71. The Hall–Kier alpha value is -1.51. The number of hydrogen-bond donors (Lipinski definition) is 2. The van der Waals surface area contributed by atoms with Gasteiger partial charge in [-0.25, -0.2) is 0 Å². The number of carbonyl (C=O) groups excluding carboxylic acids is 1. The number of nitrogens with one attached hydrogen (secondary N) is 1.